The maximum atomic E-state index is 14.8. The molecule has 0 radical (unpaired) electrons. The maximum Gasteiger partial charge on any atom is 0.328 e. The molecule has 0 unspecified atom stereocenters. The first-order chi connectivity index (χ1) is 25.3. The second-order valence-electron chi connectivity index (χ2n) is 12.7. The number of anilines is 2. The highest BCUT2D eigenvalue weighted by atomic mass is 32.1. The number of nitrogens with zero attached hydrogens (tertiary/aromatic N) is 3. The van der Waals surface area contributed by atoms with Crippen molar-refractivity contribution in [3.63, 3.8) is 0 Å². The highest BCUT2D eigenvalue weighted by Crippen LogP contribution is 2.36. The molecule has 2 aromatic carbocycles. The highest BCUT2D eigenvalue weighted by Gasteiger charge is 2.24. The van der Waals surface area contributed by atoms with Gasteiger partial charge in [0.05, 0.1) is 25.5 Å². The van der Waals surface area contributed by atoms with E-state index in [0.717, 1.165) is 62.8 Å². The van der Waals surface area contributed by atoms with E-state index in [2.05, 4.69) is 25.8 Å². The Morgan fingerprint density at radius 2 is 1.60 bits per heavy atom. The van der Waals surface area contributed by atoms with E-state index in [1.54, 1.807) is 24.3 Å². The topological polar surface area (TPSA) is 142 Å². The fourth-order valence-electron chi connectivity index (χ4n) is 5.91. The van der Waals surface area contributed by atoms with Crippen LogP contribution in [0.5, 0.6) is 5.75 Å². The average Bonchev–Trinajstić information content (AvgIpc) is 3.65. The first kappa shape index (κ1) is 38.6. The molecule has 280 valence electrons. The van der Waals surface area contributed by atoms with Gasteiger partial charge >= 0.3 is 6.03 Å². The van der Waals surface area contributed by atoms with Crippen LogP contribution in [0.1, 0.15) is 74.6 Å². The van der Waals surface area contributed by atoms with Crippen LogP contribution in [0.3, 0.4) is 0 Å². The van der Waals surface area contributed by atoms with Gasteiger partial charge in [0.25, 0.3) is 5.91 Å². The zero-order chi connectivity index (χ0) is 36.7. The molecule has 12 nitrogen and oxygen atoms in total. The number of nitrogens with one attached hydrogen (secondary N) is 3. The van der Waals surface area contributed by atoms with Gasteiger partial charge in [-0.1, -0.05) is 25.7 Å². The van der Waals surface area contributed by atoms with E-state index < -0.39 is 17.7 Å². The number of urea groups is 1. The van der Waals surface area contributed by atoms with Gasteiger partial charge in [-0.3, -0.25) is 24.6 Å². The van der Waals surface area contributed by atoms with Crippen molar-refractivity contribution in [2.75, 3.05) is 62.3 Å². The van der Waals surface area contributed by atoms with Crippen LogP contribution in [0.2, 0.25) is 0 Å². The summed E-state index contributed by atoms with van der Waals surface area (Å²) in [5, 5.41) is 10.7. The second-order valence-corrected chi connectivity index (χ2v) is 13.5. The molecular weight excluding hydrogens is 695 g/mol. The predicted octanol–water partition coefficient (Wildman–Crippen LogP) is 5.81. The highest BCUT2D eigenvalue weighted by molar-refractivity contribution is 7.14. The molecule has 2 saturated heterocycles. The summed E-state index contributed by atoms with van der Waals surface area (Å²) in [5.74, 6) is -2.58. The van der Waals surface area contributed by atoms with Crippen molar-refractivity contribution in [2.45, 2.75) is 64.2 Å². The van der Waals surface area contributed by atoms with Crippen LogP contribution in [0.25, 0.3) is 11.3 Å². The van der Waals surface area contributed by atoms with Gasteiger partial charge in [-0.15, -0.1) is 11.3 Å². The molecule has 5 rings (SSSR count). The molecule has 3 aromatic rings. The monoisotopic (exact) mass is 740 g/mol. The fraction of sp³-hybridized carbons (Fsp3) is 0.486. The molecule has 2 aliphatic heterocycles. The van der Waals surface area contributed by atoms with Crippen LogP contribution in [-0.4, -0.2) is 81.3 Å². The molecule has 2 aliphatic rings. The van der Waals surface area contributed by atoms with E-state index in [0.29, 0.717) is 74.6 Å². The molecule has 52 heavy (non-hydrogen) atoms. The minimum absolute atomic E-state index is 0.00869. The minimum atomic E-state index is -1.00. The number of hydrogen-bond acceptors (Lipinski definition) is 9. The molecular formula is C37H46F2N6O6S. The van der Waals surface area contributed by atoms with Gasteiger partial charge in [0.15, 0.2) is 16.7 Å². The molecule has 0 atom stereocenters. The summed E-state index contributed by atoms with van der Waals surface area (Å²) in [5.41, 5.74) is 2.08. The van der Waals surface area contributed by atoms with Crippen molar-refractivity contribution < 1.29 is 37.4 Å². The van der Waals surface area contributed by atoms with Gasteiger partial charge in [0.2, 0.25) is 17.6 Å². The lowest BCUT2D eigenvalue weighted by Crippen LogP contribution is -2.49. The number of imide groups is 1. The first-order valence-corrected chi connectivity index (χ1v) is 18.8. The number of carbonyl (C=O) groups is 4. The normalized spacial score (nSPS) is 14.7. The smallest absolute Gasteiger partial charge is 0.328 e. The molecule has 0 aliphatic carbocycles. The van der Waals surface area contributed by atoms with Crippen molar-refractivity contribution in [3.05, 3.63) is 59.0 Å². The number of benzene rings is 2. The molecule has 15 heteroatoms. The van der Waals surface area contributed by atoms with Gasteiger partial charge in [0.1, 0.15) is 0 Å². The van der Waals surface area contributed by atoms with Crippen molar-refractivity contribution in [2.24, 2.45) is 0 Å². The lowest BCUT2D eigenvalue weighted by Gasteiger charge is -2.26. The van der Waals surface area contributed by atoms with Gasteiger partial charge in [-0.25, -0.2) is 14.2 Å². The van der Waals surface area contributed by atoms with Crippen molar-refractivity contribution in [1.29, 1.82) is 0 Å². The van der Waals surface area contributed by atoms with Crippen LogP contribution >= 0.6 is 11.3 Å². The lowest BCUT2D eigenvalue weighted by atomic mass is 10.1. The maximum absolute atomic E-state index is 14.8. The zero-order valence-electron chi connectivity index (χ0n) is 29.2. The minimum Gasteiger partial charge on any atom is -0.490 e. The summed E-state index contributed by atoms with van der Waals surface area (Å²) in [6.45, 7) is 4.30. The van der Waals surface area contributed by atoms with Crippen LogP contribution < -0.4 is 30.5 Å². The number of halogens is 2. The third-order valence-corrected chi connectivity index (χ3v) is 9.75. The number of rotatable bonds is 19. The summed E-state index contributed by atoms with van der Waals surface area (Å²) in [7, 11) is 0. The van der Waals surface area contributed by atoms with Crippen LogP contribution in [0, 0.1) is 11.6 Å². The van der Waals surface area contributed by atoms with Gasteiger partial charge in [-0.05, 0) is 62.1 Å². The quantitative estimate of drug-likeness (QED) is 0.131. The van der Waals surface area contributed by atoms with Gasteiger partial charge in [0, 0.05) is 67.8 Å². The van der Waals surface area contributed by atoms with E-state index in [9.17, 15) is 28.0 Å². The number of thiazole rings is 1. The predicted molar refractivity (Wildman–Crippen MR) is 195 cm³/mol. The van der Waals surface area contributed by atoms with E-state index in [4.69, 9.17) is 9.47 Å². The number of unbranched alkanes of at least 4 members (excludes halogenated alkanes) is 6. The number of amides is 5. The third-order valence-electron chi connectivity index (χ3n) is 8.85. The largest absolute Gasteiger partial charge is 0.490 e. The lowest BCUT2D eigenvalue weighted by molar-refractivity contribution is -0.121. The standard InChI is InChI=1S/C37H46F2N6O6S/c38-29-15-14-28(30-25-52-37(42-30)44-20-23-50-24-21-44)34(33(29)39)51-22-8-4-2-1-3-5-9-31(46)40-17-6-7-18-41-35(48)26-10-12-27(13-11-26)45-19-16-32(47)43-36(45)49/h10-15,25H,1-9,16-24H2,(H,40,46)(H,41,48)(H,43,47,49). The summed E-state index contributed by atoms with van der Waals surface area (Å²) < 4.78 is 40.0. The Morgan fingerprint density at radius 3 is 2.35 bits per heavy atom. The van der Waals surface area contributed by atoms with Crippen molar-refractivity contribution >= 4 is 45.9 Å². The van der Waals surface area contributed by atoms with E-state index in [-0.39, 0.29) is 36.5 Å². The average molecular weight is 741 g/mol. The Morgan fingerprint density at radius 1 is 0.885 bits per heavy atom. The number of aromatic nitrogens is 1. The summed E-state index contributed by atoms with van der Waals surface area (Å²) in [6.07, 6.45) is 7.32. The number of morpholine rings is 1. The Hall–Kier alpha value is -4.63. The molecule has 0 bridgehead atoms. The summed E-state index contributed by atoms with van der Waals surface area (Å²) in [4.78, 5) is 56.2. The third kappa shape index (κ3) is 11.2. The molecule has 1 aromatic heterocycles. The van der Waals surface area contributed by atoms with Crippen molar-refractivity contribution in [3.8, 4) is 17.0 Å². The van der Waals surface area contributed by atoms with Crippen LogP contribution in [-0.2, 0) is 14.3 Å². The summed E-state index contributed by atoms with van der Waals surface area (Å²) in [6, 6.07) is 8.78. The SMILES string of the molecule is O=C(CCCCCCCCOc1c(-c2csc(N3CCOCC3)n2)ccc(F)c1F)NCCCCNC(=O)c1ccc(N2CCC(=O)NC2=O)cc1. The fourth-order valence-corrected chi connectivity index (χ4v) is 6.78. The molecule has 5 amide bonds. The Balaban J connectivity index is 0.879. The molecule has 0 saturated carbocycles. The van der Waals surface area contributed by atoms with Gasteiger partial charge < -0.3 is 25.0 Å². The number of carbonyl (C=O) groups excluding carboxylic acids is 4. The number of hydrogen-bond donors (Lipinski definition) is 3. The molecule has 3 heterocycles. The number of ether oxygens (including phenoxy) is 2. The Kier molecular flexibility index (Phi) is 14.7. The second kappa shape index (κ2) is 19.8. The molecule has 2 fully saturated rings. The van der Waals surface area contributed by atoms with Crippen LogP contribution in [0.15, 0.2) is 41.8 Å². The van der Waals surface area contributed by atoms with E-state index >= 15 is 0 Å². The Labute approximate surface area is 306 Å². The zero-order valence-corrected chi connectivity index (χ0v) is 30.0. The van der Waals surface area contributed by atoms with Crippen LogP contribution in [0.4, 0.5) is 24.4 Å². The van der Waals surface area contributed by atoms with E-state index in [1.807, 2.05) is 5.38 Å². The molecule has 3 N–H and O–H groups in total. The summed E-state index contributed by atoms with van der Waals surface area (Å²) >= 11 is 1.46. The van der Waals surface area contributed by atoms with Crippen molar-refractivity contribution in [1.82, 2.24) is 20.9 Å². The first-order valence-electron chi connectivity index (χ1n) is 18.0. The van der Waals surface area contributed by atoms with E-state index in [1.165, 1.54) is 22.3 Å². The Bertz CT molecular complexity index is 1670. The van der Waals surface area contributed by atoms with Gasteiger partial charge in [-0.2, -0.15) is 4.39 Å². The molecule has 0 spiro atoms.